The van der Waals surface area contributed by atoms with Crippen molar-refractivity contribution in [2.75, 3.05) is 25.4 Å². The molecule has 108 valence electrons. The van der Waals surface area contributed by atoms with Crippen molar-refractivity contribution in [3.63, 3.8) is 0 Å². The van der Waals surface area contributed by atoms with Crippen LogP contribution >= 0.6 is 11.6 Å². The fourth-order valence-corrected chi connectivity index (χ4v) is 3.22. The Balaban J connectivity index is 1.80. The maximum atomic E-state index is 6.09. The van der Waals surface area contributed by atoms with Crippen molar-refractivity contribution in [3.8, 4) is 0 Å². The topological polar surface area (TPSA) is 47.1 Å². The number of nitrogens with zero attached hydrogens (tertiary/aromatic N) is 3. The number of fused-ring (bicyclic) bond motifs is 1. The molecule has 0 atom stereocenters. The third-order valence-corrected chi connectivity index (χ3v) is 4.57. The van der Waals surface area contributed by atoms with Crippen molar-refractivity contribution in [2.45, 2.75) is 26.3 Å². The molecule has 1 aliphatic rings. The fourth-order valence-electron chi connectivity index (χ4n) is 3.05. The van der Waals surface area contributed by atoms with Crippen LogP contribution in [0, 0.1) is 5.92 Å². The quantitative estimate of drug-likeness (QED) is 0.946. The normalized spacial score (nSPS) is 17.9. The molecule has 1 aromatic carbocycles. The zero-order valence-electron chi connectivity index (χ0n) is 11.8. The second-order valence-electron chi connectivity index (χ2n) is 5.59. The second-order valence-corrected chi connectivity index (χ2v) is 6.03. The zero-order valence-corrected chi connectivity index (χ0v) is 12.6. The SMILES string of the molecule is CCN1CCC(Cn2c(N)nc3ccc(Cl)cc32)CC1. The van der Waals surface area contributed by atoms with Gasteiger partial charge in [0.2, 0.25) is 5.95 Å². The van der Waals surface area contributed by atoms with Crippen LogP contribution in [0.4, 0.5) is 5.95 Å². The lowest BCUT2D eigenvalue weighted by Crippen LogP contribution is -2.34. The Morgan fingerprint density at radius 1 is 1.35 bits per heavy atom. The van der Waals surface area contributed by atoms with Crippen molar-refractivity contribution < 1.29 is 0 Å². The molecule has 0 unspecified atom stereocenters. The van der Waals surface area contributed by atoms with E-state index >= 15 is 0 Å². The molecule has 0 amide bonds. The molecule has 20 heavy (non-hydrogen) atoms. The number of piperidine rings is 1. The van der Waals surface area contributed by atoms with E-state index in [1.807, 2.05) is 18.2 Å². The van der Waals surface area contributed by atoms with Crippen LogP contribution in [-0.4, -0.2) is 34.1 Å². The Morgan fingerprint density at radius 2 is 2.10 bits per heavy atom. The molecule has 1 aromatic heterocycles. The van der Waals surface area contributed by atoms with Gasteiger partial charge in [-0.3, -0.25) is 0 Å². The van der Waals surface area contributed by atoms with Crippen LogP contribution in [0.2, 0.25) is 5.02 Å². The Bertz CT molecular complexity index is 599. The molecule has 0 aliphatic carbocycles. The first-order chi connectivity index (χ1) is 9.67. The summed E-state index contributed by atoms with van der Waals surface area (Å²) in [4.78, 5) is 6.93. The van der Waals surface area contributed by atoms with Gasteiger partial charge in [0.1, 0.15) is 0 Å². The van der Waals surface area contributed by atoms with Gasteiger partial charge in [0.05, 0.1) is 11.0 Å². The molecule has 1 saturated heterocycles. The van der Waals surface area contributed by atoms with Crippen molar-refractivity contribution in [3.05, 3.63) is 23.2 Å². The van der Waals surface area contributed by atoms with Crippen molar-refractivity contribution in [2.24, 2.45) is 5.92 Å². The minimum Gasteiger partial charge on any atom is -0.369 e. The Morgan fingerprint density at radius 3 is 2.80 bits per heavy atom. The number of hydrogen-bond acceptors (Lipinski definition) is 3. The number of nitrogens with two attached hydrogens (primary N) is 1. The maximum absolute atomic E-state index is 6.09. The van der Waals surface area contributed by atoms with Gasteiger partial charge in [-0.05, 0) is 56.6 Å². The molecule has 5 heteroatoms. The van der Waals surface area contributed by atoms with Gasteiger partial charge in [-0.2, -0.15) is 0 Å². The van der Waals surface area contributed by atoms with Crippen LogP contribution in [0.1, 0.15) is 19.8 Å². The second kappa shape index (κ2) is 5.62. The first-order valence-electron chi connectivity index (χ1n) is 7.31. The standard InChI is InChI=1S/C15H21ClN4/c1-2-19-7-5-11(6-8-19)10-20-14-9-12(16)3-4-13(14)18-15(20)17/h3-4,9,11H,2,5-8,10H2,1H3,(H2,17,18). The molecule has 2 N–H and O–H groups in total. The summed E-state index contributed by atoms with van der Waals surface area (Å²) in [5.74, 6) is 1.27. The third kappa shape index (κ3) is 2.63. The number of aromatic nitrogens is 2. The molecule has 3 rings (SSSR count). The number of imidazole rings is 1. The largest absolute Gasteiger partial charge is 0.369 e. The number of hydrogen-bond donors (Lipinski definition) is 1. The van der Waals surface area contributed by atoms with Gasteiger partial charge in [0.15, 0.2) is 0 Å². The van der Waals surface area contributed by atoms with Gasteiger partial charge in [-0.25, -0.2) is 4.98 Å². The van der Waals surface area contributed by atoms with E-state index in [1.165, 1.54) is 25.9 Å². The summed E-state index contributed by atoms with van der Waals surface area (Å²) < 4.78 is 2.12. The highest BCUT2D eigenvalue weighted by atomic mass is 35.5. The zero-order chi connectivity index (χ0) is 14.1. The summed E-state index contributed by atoms with van der Waals surface area (Å²) >= 11 is 6.09. The molecule has 1 aliphatic heterocycles. The first kappa shape index (κ1) is 13.7. The highest BCUT2D eigenvalue weighted by Crippen LogP contribution is 2.26. The summed E-state index contributed by atoms with van der Waals surface area (Å²) in [6.45, 7) is 6.70. The molecule has 0 bridgehead atoms. The van der Waals surface area contributed by atoms with E-state index in [1.54, 1.807) is 0 Å². The van der Waals surface area contributed by atoms with E-state index in [0.717, 1.165) is 29.1 Å². The lowest BCUT2D eigenvalue weighted by molar-refractivity contribution is 0.182. The van der Waals surface area contributed by atoms with Crippen LogP contribution in [-0.2, 0) is 6.54 Å². The maximum Gasteiger partial charge on any atom is 0.201 e. The predicted molar refractivity (Wildman–Crippen MR) is 84.0 cm³/mol. The summed E-state index contributed by atoms with van der Waals surface area (Å²) in [6.07, 6.45) is 2.46. The smallest absolute Gasteiger partial charge is 0.201 e. The summed E-state index contributed by atoms with van der Waals surface area (Å²) in [7, 11) is 0. The molecule has 1 fully saturated rings. The average molecular weight is 293 g/mol. The number of benzene rings is 1. The van der Waals surface area contributed by atoms with Crippen molar-refractivity contribution >= 4 is 28.6 Å². The number of rotatable bonds is 3. The molecular weight excluding hydrogens is 272 g/mol. The van der Waals surface area contributed by atoms with Gasteiger partial charge in [-0.1, -0.05) is 18.5 Å². The van der Waals surface area contributed by atoms with Crippen molar-refractivity contribution in [1.82, 2.24) is 14.5 Å². The average Bonchev–Trinajstić information content (AvgIpc) is 2.76. The predicted octanol–water partition coefficient (Wildman–Crippen LogP) is 3.00. The summed E-state index contributed by atoms with van der Waals surface area (Å²) in [5, 5.41) is 0.736. The van der Waals surface area contributed by atoms with Gasteiger partial charge in [-0.15, -0.1) is 0 Å². The van der Waals surface area contributed by atoms with E-state index in [4.69, 9.17) is 17.3 Å². The molecular formula is C15H21ClN4. The minimum atomic E-state index is 0.597. The van der Waals surface area contributed by atoms with E-state index in [9.17, 15) is 0 Å². The van der Waals surface area contributed by atoms with Gasteiger partial charge in [0.25, 0.3) is 0 Å². The molecule has 0 radical (unpaired) electrons. The fraction of sp³-hybridized carbons (Fsp3) is 0.533. The summed E-state index contributed by atoms with van der Waals surface area (Å²) in [5.41, 5.74) is 8.05. The molecule has 4 nitrogen and oxygen atoms in total. The van der Waals surface area contributed by atoms with Crippen LogP contribution in [0.15, 0.2) is 18.2 Å². The lowest BCUT2D eigenvalue weighted by Gasteiger charge is -2.31. The molecule has 0 spiro atoms. The number of anilines is 1. The molecule has 0 saturated carbocycles. The van der Waals surface area contributed by atoms with E-state index in [2.05, 4.69) is 21.4 Å². The number of likely N-dealkylation sites (tertiary alicyclic amines) is 1. The minimum absolute atomic E-state index is 0.597. The van der Waals surface area contributed by atoms with Gasteiger partial charge < -0.3 is 15.2 Å². The highest BCUT2D eigenvalue weighted by molar-refractivity contribution is 6.31. The van der Waals surface area contributed by atoms with Gasteiger partial charge in [0, 0.05) is 11.6 Å². The highest BCUT2D eigenvalue weighted by Gasteiger charge is 2.20. The van der Waals surface area contributed by atoms with Crippen LogP contribution < -0.4 is 5.73 Å². The number of nitrogen functional groups attached to an aromatic ring is 1. The Kier molecular flexibility index (Phi) is 3.85. The van der Waals surface area contributed by atoms with Crippen LogP contribution in [0.3, 0.4) is 0 Å². The first-order valence-corrected chi connectivity index (χ1v) is 7.68. The summed E-state index contributed by atoms with van der Waals surface area (Å²) in [6, 6.07) is 5.76. The Labute approximate surface area is 124 Å². The number of halogens is 1. The van der Waals surface area contributed by atoms with Gasteiger partial charge >= 0.3 is 0 Å². The van der Waals surface area contributed by atoms with Crippen molar-refractivity contribution in [1.29, 1.82) is 0 Å². The van der Waals surface area contributed by atoms with E-state index in [-0.39, 0.29) is 0 Å². The van der Waals surface area contributed by atoms with Crippen LogP contribution in [0.25, 0.3) is 11.0 Å². The molecule has 2 heterocycles. The van der Waals surface area contributed by atoms with Crippen LogP contribution in [0.5, 0.6) is 0 Å². The third-order valence-electron chi connectivity index (χ3n) is 4.33. The van der Waals surface area contributed by atoms with E-state index < -0.39 is 0 Å². The monoisotopic (exact) mass is 292 g/mol. The lowest BCUT2D eigenvalue weighted by atomic mass is 9.96. The van der Waals surface area contributed by atoms with E-state index in [0.29, 0.717) is 11.9 Å². The Hall–Kier alpha value is -1.26. The molecule has 2 aromatic rings.